The number of methoxy groups -OCH3 is 2. The van der Waals surface area contributed by atoms with Crippen LogP contribution in [0.4, 0.5) is 17.6 Å². The molecule has 0 aromatic rings. The van der Waals surface area contributed by atoms with E-state index in [1.807, 2.05) is 0 Å². The minimum atomic E-state index is -3.70. The summed E-state index contributed by atoms with van der Waals surface area (Å²) in [6.45, 7) is 7.59. The van der Waals surface area contributed by atoms with Crippen molar-refractivity contribution in [2.45, 2.75) is 243 Å². The largest absolute Gasteiger partial charge is 1.00 e. The van der Waals surface area contributed by atoms with Gasteiger partial charge in [-0.3, -0.25) is 43.8 Å². The summed E-state index contributed by atoms with van der Waals surface area (Å²) in [6.07, 6.45) is 16.9. The van der Waals surface area contributed by atoms with E-state index >= 15 is 0 Å². The van der Waals surface area contributed by atoms with Gasteiger partial charge in [0.15, 0.2) is 12.6 Å². The van der Waals surface area contributed by atoms with Gasteiger partial charge in [-0.25, -0.2) is 0 Å². The van der Waals surface area contributed by atoms with Crippen molar-refractivity contribution in [2.75, 3.05) is 47.8 Å². The molecular formula is C58H98F4LiO20P. The fraction of sp³-hybridized carbons (Fsp3) is 0.845. The van der Waals surface area contributed by atoms with Crippen LogP contribution in [0.5, 0.6) is 0 Å². The molecule has 2 N–H and O–H groups in total. The minimum absolute atomic E-state index is 0. The number of allylic oxidation sites excluding steroid dienone is 1. The third-order valence-corrected chi connectivity index (χ3v) is 16.9. The van der Waals surface area contributed by atoms with Crippen LogP contribution in [-0.4, -0.2) is 149 Å². The maximum Gasteiger partial charge on any atom is 1.00 e. The number of hydrogen-bond donors (Lipinski definition) is 2. The smallest absolute Gasteiger partial charge is 1.00 e. The molecule has 0 aromatic heterocycles. The first-order valence-corrected chi connectivity index (χ1v) is 31.2. The number of ketones is 2. The summed E-state index contributed by atoms with van der Waals surface area (Å²) in [4.78, 5) is 81.3. The van der Waals surface area contributed by atoms with Gasteiger partial charge in [0.25, 0.3) is 0 Å². The molecule has 26 heteroatoms. The van der Waals surface area contributed by atoms with Gasteiger partial charge in [0.1, 0.15) is 24.7 Å². The van der Waals surface area contributed by atoms with Crippen LogP contribution in [0.15, 0.2) is 12.2 Å². The van der Waals surface area contributed by atoms with Gasteiger partial charge in [-0.15, -0.1) is 0 Å². The second-order valence-corrected chi connectivity index (χ2v) is 23.6. The summed E-state index contributed by atoms with van der Waals surface area (Å²) in [5, 5.41) is 12.0. The predicted octanol–water partition coefficient (Wildman–Crippen LogP) is 9.11. The molecule has 4 fully saturated rings. The average Bonchev–Trinajstić information content (AvgIpc) is 3.99. The van der Waals surface area contributed by atoms with E-state index in [4.69, 9.17) is 38.9 Å². The van der Waals surface area contributed by atoms with Crippen LogP contribution >= 0.6 is 7.60 Å². The van der Waals surface area contributed by atoms with Crippen molar-refractivity contribution in [3.8, 4) is 0 Å². The molecule has 0 bridgehead atoms. The van der Waals surface area contributed by atoms with Crippen LogP contribution < -0.4 is 18.9 Å². The Kier molecular flexibility index (Phi) is 43.5. The predicted molar refractivity (Wildman–Crippen MR) is 298 cm³/mol. The van der Waals surface area contributed by atoms with Gasteiger partial charge in [-0.1, -0.05) is 71.3 Å². The van der Waals surface area contributed by atoms with Crippen molar-refractivity contribution in [1.82, 2.24) is 0 Å². The summed E-state index contributed by atoms with van der Waals surface area (Å²) in [5.41, 5.74) is 0. The first-order valence-electron chi connectivity index (χ1n) is 29.4. The quantitative estimate of drug-likeness (QED) is 0.00572. The molecule has 4 aliphatic rings. The number of ether oxygens (including phenoxy) is 8. The van der Waals surface area contributed by atoms with E-state index in [1.165, 1.54) is 28.1 Å². The van der Waals surface area contributed by atoms with Crippen LogP contribution in [0, 0.1) is 23.7 Å². The first kappa shape index (κ1) is 80.9. The van der Waals surface area contributed by atoms with Gasteiger partial charge in [0.05, 0.1) is 26.4 Å². The van der Waals surface area contributed by atoms with Gasteiger partial charge < -0.3 is 53.2 Å². The van der Waals surface area contributed by atoms with Crippen LogP contribution in [0.1, 0.15) is 196 Å². The molecule has 84 heavy (non-hydrogen) atoms. The molecule has 4 rings (SSSR count). The molecule has 2 saturated heterocycles. The summed E-state index contributed by atoms with van der Waals surface area (Å²) < 4.78 is 120. The molecule has 484 valence electrons. The Hall–Kier alpha value is -3.14. The molecule has 2 aliphatic heterocycles. The zero-order chi connectivity index (χ0) is 62.4. The van der Waals surface area contributed by atoms with E-state index in [-0.39, 0.29) is 93.2 Å². The summed E-state index contributed by atoms with van der Waals surface area (Å²) in [7, 11) is 1.18. The van der Waals surface area contributed by atoms with Crippen molar-refractivity contribution >= 4 is 49.3 Å². The van der Waals surface area contributed by atoms with E-state index in [2.05, 4.69) is 18.5 Å². The van der Waals surface area contributed by atoms with E-state index < -0.39 is 74.5 Å². The summed E-state index contributed by atoms with van der Waals surface area (Å²) in [6, 6.07) is 0. The summed E-state index contributed by atoms with van der Waals surface area (Å²) in [5.74, 6) is -11.5. The minimum Gasteiger partial charge on any atom is -1.00 e. The molecule has 0 aromatic carbocycles. The Labute approximate surface area is 508 Å². The van der Waals surface area contributed by atoms with Gasteiger partial charge in [0.2, 0.25) is 11.6 Å². The Morgan fingerprint density at radius 1 is 0.607 bits per heavy atom. The Balaban J connectivity index is 0. The van der Waals surface area contributed by atoms with Crippen LogP contribution in [0.25, 0.3) is 0 Å². The van der Waals surface area contributed by atoms with E-state index in [0.29, 0.717) is 58.2 Å². The average molecular weight is 1230 g/mol. The maximum atomic E-state index is 14.3. The normalized spacial score (nSPS) is 24.1. The molecule has 4 unspecified atom stereocenters. The fourth-order valence-corrected chi connectivity index (χ4v) is 11.5. The number of unbranched alkanes of at least 4 members (excludes halogenated alkanes) is 8. The molecule has 2 aliphatic carbocycles. The SMILES string of the molecule is CCCCC(F)(F)C(=O)/C=C/[C@@H]1C(CCCCCCC(=O)OC)[C@@H](OC(C)=O)C[C@H]1OC1CCCCO1.CCCCC(F)(F)C(=O)CP(=O)(OC)OC.COC(=O)CCCCCCC1[C@@H](OC(C)=O)C[C@@H](OC2CCCCO2)[C@@H]1C=O.OO.[H-].[Li+]. The number of carbonyl (C=O) groups excluding carboxylic acids is 7. The van der Waals surface area contributed by atoms with Crippen LogP contribution in [0.3, 0.4) is 0 Å². The van der Waals surface area contributed by atoms with Crippen molar-refractivity contribution in [3.63, 3.8) is 0 Å². The number of rotatable bonds is 35. The molecule has 10 atom stereocenters. The third-order valence-electron chi connectivity index (χ3n) is 15.1. The molecule has 0 radical (unpaired) electrons. The molecule has 2 saturated carbocycles. The Bertz CT molecular complexity index is 1960. The number of esters is 4. The molecule has 20 nitrogen and oxygen atoms in total. The number of Topliss-reactive ketones (excluding diaryl/α,β-unsaturated/α-hetero) is 1. The summed E-state index contributed by atoms with van der Waals surface area (Å²) >= 11 is 0. The van der Waals surface area contributed by atoms with Crippen molar-refractivity contribution in [2.24, 2.45) is 23.7 Å². The standard InChI is InChI=1S/C28H44F2O7.C21H34O7.C9H17F2O4P.Li.H2O2.H/c1-4-5-17-28(29,30)25(32)16-15-22-21(12-8-6-7-9-13-26(33)34-3)23(36-20(2)31)19-24(22)37-27-14-10-11-18-35-27;1-15(23)27-18-13-19(28-21-11-7-8-12-26-21)17(14-22)16(18)9-5-3-4-6-10-20(24)25-2;1-4-5-6-9(10,11)8(12)7-16(13,14-2)15-3;;1-2;/h15-16,21-24,27H,4-14,17-19H2,1-3H3;14,16-19,21H,3-13H2,1-2H3;4-7H2,1-3H3;;1-2H;/q;;;+1;;-1/b16-15+;;;;;/t21?,22-,23+,24-,27?;16?,17-,18+,19-,21?;;;;/m11..../s1. The fourth-order valence-electron chi connectivity index (χ4n) is 10.5. The van der Waals surface area contributed by atoms with Gasteiger partial charge in [-0.05, 0) is 83.1 Å². The monoisotopic (exact) mass is 1230 g/mol. The van der Waals surface area contributed by atoms with Crippen LogP contribution in [-0.2, 0) is 85.1 Å². The molecular weight excluding hydrogens is 1130 g/mol. The van der Waals surface area contributed by atoms with E-state index in [0.717, 1.165) is 123 Å². The zero-order valence-corrected chi connectivity index (χ0v) is 52.1. The second-order valence-electron chi connectivity index (χ2n) is 21.3. The Morgan fingerprint density at radius 2 is 1.02 bits per heavy atom. The molecule has 0 amide bonds. The van der Waals surface area contributed by atoms with Crippen molar-refractivity contribution < 1.29 is 133 Å². The van der Waals surface area contributed by atoms with Crippen molar-refractivity contribution in [3.05, 3.63) is 12.2 Å². The molecule has 0 spiro atoms. The Morgan fingerprint density at radius 3 is 1.40 bits per heavy atom. The number of alkyl halides is 4. The van der Waals surface area contributed by atoms with Crippen molar-refractivity contribution in [1.29, 1.82) is 0 Å². The topological polar surface area (TPSA) is 269 Å². The maximum absolute atomic E-state index is 14.3. The van der Waals surface area contributed by atoms with Crippen LogP contribution in [0.2, 0.25) is 0 Å². The zero-order valence-electron chi connectivity index (χ0n) is 52.2. The van der Waals surface area contributed by atoms with E-state index in [1.54, 1.807) is 19.9 Å². The molecule has 2 heterocycles. The third kappa shape index (κ3) is 31.7. The van der Waals surface area contributed by atoms with E-state index in [9.17, 15) is 55.7 Å². The van der Waals surface area contributed by atoms with Gasteiger partial charge in [0, 0.05) is 103 Å². The first-order chi connectivity index (χ1) is 39.5. The second kappa shape index (κ2) is 45.2. The number of carbonyl (C=O) groups is 7. The number of halogens is 4. The number of hydrogen-bond acceptors (Lipinski definition) is 20. The van der Waals surface area contributed by atoms with Gasteiger partial charge >= 0.3 is 62.2 Å². The van der Waals surface area contributed by atoms with Gasteiger partial charge in [-0.2, -0.15) is 17.6 Å². The number of aldehydes is 1.